The average molecular weight is 117 g/mol. The molecule has 0 rings (SSSR count). The van der Waals surface area contributed by atoms with E-state index in [1.54, 1.807) is 0 Å². The van der Waals surface area contributed by atoms with Gasteiger partial charge in [0.2, 0.25) is 5.91 Å². The Balaban J connectivity index is 0. The minimum atomic E-state index is -0.0787. The van der Waals surface area contributed by atoms with Crippen LogP contribution in [-0.4, -0.2) is 18.1 Å². The highest BCUT2D eigenvalue weighted by atomic mass is 16.2. The molecule has 8 heavy (non-hydrogen) atoms. The minimum absolute atomic E-state index is 0.0787. The lowest BCUT2D eigenvalue weighted by Gasteiger charge is -1.83. The molecule has 0 spiro atoms. The van der Waals surface area contributed by atoms with Gasteiger partial charge in [0.15, 0.2) is 0 Å². The van der Waals surface area contributed by atoms with Gasteiger partial charge < -0.3 is 10.4 Å². The molecule has 0 bridgehead atoms. The third-order valence-electron chi connectivity index (χ3n) is 0.305. The number of hydrogen-bond acceptors (Lipinski definition) is 2. The van der Waals surface area contributed by atoms with Crippen LogP contribution >= 0.6 is 0 Å². The van der Waals surface area contributed by atoms with Gasteiger partial charge in [0, 0.05) is 14.0 Å². The molecule has 0 atom stereocenters. The van der Waals surface area contributed by atoms with Gasteiger partial charge in [-0.05, 0) is 6.20 Å². The van der Waals surface area contributed by atoms with Crippen molar-refractivity contribution in [1.82, 2.24) is 5.32 Å². The Hall–Kier alpha value is -0.830. The Morgan fingerprint density at radius 2 is 2.12 bits per heavy atom. The van der Waals surface area contributed by atoms with Gasteiger partial charge in [-0.15, -0.1) is 0 Å². The first-order valence-electron chi connectivity index (χ1n) is 2.10. The Morgan fingerprint density at radius 1 is 1.75 bits per heavy atom. The molecule has 0 fully saturated rings. The first-order valence-corrected chi connectivity index (χ1v) is 2.10. The summed E-state index contributed by atoms with van der Waals surface area (Å²) in [6.45, 7) is 4.70. The molecule has 0 unspecified atom stereocenters. The maximum Gasteiger partial charge on any atom is 0.220 e. The molecular formula is C5H11NO2. The topological polar surface area (TPSA) is 49.3 Å². The minimum Gasteiger partial charge on any atom is -0.400 e. The van der Waals surface area contributed by atoms with Crippen molar-refractivity contribution < 1.29 is 9.90 Å². The third kappa shape index (κ3) is 19.1. The normalized spacial score (nSPS) is 5.88. The molecule has 0 aliphatic rings. The van der Waals surface area contributed by atoms with Crippen molar-refractivity contribution in [2.75, 3.05) is 7.11 Å². The van der Waals surface area contributed by atoms with E-state index in [0.29, 0.717) is 0 Å². The molecule has 3 heteroatoms. The molecule has 3 nitrogen and oxygen atoms in total. The van der Waals surface area contributed by atoms with Gasteiger partial charge in [0.1, 0.15) is 0 Å². The summed E-state index contributed by atoms with van der Waals surface area (Å²) in [5.41, 5.74) is 0. The van der Waals surface area contributed by atoms with Gasteiger partial charge in [-0.1, -0.05) is 6.58 Å². The van der Waals surface area contributed by atoms with Gasteiger partial charge in [0.05, 0.1) is 0 Å². The van der Waals surface area contributed by atoms with Gasteiger partial charge in [-0.3, -0.25) is 4.79 Å². The molecule has 48 valence electrons. The monoisotopic (exact) mass is 117 g/mol. The molecule has 0 aromatic carbocycles. The largest absolute Gasteiger partial charge is 0.400 e. The van der Waals surface area contributed by atoms with Crippen molar-refractivity contribution in [3.05, 3.63) is 12.8 Å². The molecule has 1 amide bonds. The second-order valence-electron chi connectivity index (χ2n) is 0.905. The number of rotatable bonds is 1. The molecule has 0 aliphatic carbocycles. The number of nitrogens with one attached hydrogen (secondary N) is 1. The van der Waals surface area contributed by atoms with Crippen LogP contribution in [0.1, 0.15) is 6.92 Å². The predicted molar refractivity (Wildman–Crippen MR) is 32.2 cm³/mol. The maximum atomic E-state index is 9.86. The van der Waals surface area contributed by atoms with Gasteiger partial charge in [-0.25, -0.2) is 0 Å². The first-order chi connectivity index (χ1) is 3.77. The smallest absolute Gasteiger partial charge is 0.220 e. The Morgan fingerprint density at radius 3 is 2.12 bits per heavy atom. The maximum absolute atomic E-state index is 9.86. The Bertz CT molecular complexity index is 70.8. The quantitative estimate of drug-likeness (QED) is 0.503. The summed E-state index contributed by atoms with van der Waals surface area (Å²) < 4.78 is 0. The van der Waals surface area contributed by atoms with E-state index in [1.165, 1.54) is 13.1 Å². The zero-order valence-electron chi connectivity index (χ0n) is 5.14. The fourth-order valence-corrected chi connectivity index (χ4v) is 0.144. The zero-order valence-corrected chi connectivity index (χ0v) is 5.14. The average Bonchev–Trinajstić information content (AvgIpc) is 1.72. The van der Waals surface area contributed by atoms with Crippen LogP contribution in [0.5, 0.6) is 0 Å². The molecule has 0 saturated heterocycles. The van der Waals surface area contributed by atoms with Crippen LogP contribution in [-0.2, 0) is 4.79 Å². The predicted octanol–water partition coefficient (Wildman–Crippen LogP) is -0.125. The molecule has 0 aliphatic heterocycles. The van der Waals surface area contributed by atoms with Crippen LogP contribution in [0.15, 0.2) is 12.8 Å². The molecule has 0 aromatic heterocycles. The second-order valence-corrected chi connectivity index (χ2v) is 0.905. The van der Waals surface area contributed by atoms with Crippen LogP contribution in [0.25, 0.3) is 0 Å². The van der Waals surface area contributed by atoms with Crippen molar-refractivity contribution in [1.29, 1.82) is 0 Å². The fraction of sp³-hybridized carbons (Fsp3) is 0.400. The van der Waals surface area contributed by atoms with Crippen LogP contribution in [0, 0.1) is 0 Å². The van der Waals surface area contributed by atoms with Crippen molar-refractivity contribution in [3.63, 3.8) is 0 Å². The Kier molecular flexibility index (Phi) is 12.1. The lowest BCUT2D eigenvalue weighted by Crippen LogP contribution is -2.10. The first kappa shape index (κ1) is 10.2. The van der Waals surface area contributed by atoms with Crippen LogP contribution in [0.4, 0.5) is 0 Å². The molecular weight excluding hydrogens is 106 g/mol. The van der Waals surface area contributed by atoms with E-state index in [-0.39, 0.29) is 5.91 Å². The summed E-state index contributed by atoms with van der Waals surface area (Å²) in [5, 5.41) is 9.33. The lowest BCUT2D eigenvalue weighted by atomic mass is 10.7. The van der Waals surface area contributed by atoms with Crippen LogP contribution < -0.4 is 5.32 Å². The summed E-state index contributed by atoms with van der Waals surface area (Å²) in [6, 6.07) is 0. The number of aliphatic hydroxyl groups excluding tert-OH is 1. The molecule has 2 N–H and O–H groups in total. The number of carbonyl (C=O) groups is 1. The van der Waals surface area contributed by atoms with Gasteiger partial charge in [-0.2, -0.15) is 0 Å². The third-order valence-corrected chi connectivity index (χ3v) is 0.305. The SMILES string of the molecule is C=CNC(C)=O.CO. The molecule has 0 heterocycles. The fourth-order valence-electron chi connectivity index (χ4n) is 0.144. The van der Waals surface area contributed by atoms with E-state index in [1.807, 2.05) is 0 Å². The summed E-state index contributed by atoms with van der Waals surface area (Å²) in [4.78, 5) is 9.86. The van der Waals surface area contributed by atoms with Crippen LogP contribution in [0.3, 0.4) is 0 Å². The number of carbonyl (C=O) groups excluding carboxylic acids is 1. The number of amides is 1. The summed E-state index contributed by atoms with van der Waals surface area (Å²) >= 11 is 0. The van der Waals surface area contributed by atoms with E-state index in [9.17, 15) is 4.79 Å². The summed E-state index contributed by atoms with van der Waals surface area (Å²) in [6.07, 6.45) is 1.35. The second kappa shape index (κ2) is 9.48. The molecule has 0 aromatic rings. The summed E-state index contributed by atoms with van der Waals surface area (Å²) in [7, 11) is 1.00. The van der Waals surface area contributed by atoms with E-state index in [4.69, 9.17) is 5.11 Å². The van der Waals surface area contributed by atoms with Gasteiger partial charge in [0.25, 0.3) is 0 Å². The van der Waals surface area contributed by atoms with E-state index < -0.39 is 0 Å². The molecule has 0 saturated carbocycles. The summed E-state index contributed by atoms with van der Waals surface area (Å²) in [5.74, 6) is -0.0787. The van der Waals surface area contributed by atoms with Crippen molar-refractivity contribution >= 4 is 5.91 Å². The highest BCUT2D eigenvalue weighted by Gasteiger charge is 1.75. The van der Waals surface area contributed by atoms with E-state index in [0.717, 1.165) is 7.11 Å². The van der Waals surface area contributed by atoms with Gasteiger partial charge >= 0.3 is 0 Å². The Labute approximate surface area is 49.0 Å². The van der Waals surface area contributed by atoms with Crippen LogP contribution in [0.2, 0.25) is 0 Å². The van der Waals surface area contributed by atoms with Crippen molar-refractivity contribution in [2.24, 2.45) is 0 Å². The number of aliphatic hydroxyl groups is 1. The lowest BCUT2D eigenvalue weighted by molar-refractivity contribution is -0.118. The van der Waals surface area contributed by atoms with E-state index >= 15 is 0 Å². The van der Waals surface area contributed by atoms with Crippen molar-refractivity contribution in [2.45, 2.75) is 6.92 Å². The molecule has 0 radical (unpaired) electrons. The van der Waals surface area contributed by atoms with E-state index in [2.05, 4.69) is 11.9 Å². The van der Waals surface area contributed by atoms with Crippen molar-refractivity contribution in [3.8, 4) is 0 Å². The standard InChI is InChI=1S/C4H7NO.CH4O/c1-3-5-4(2)6;1-2/h3H,1H2,2H3,(H,5,6);2H,1H3. The zero-order chi connectivity index (χ0) is 6.99. The number of hydrogen-bond donors (Lipinski definition) is 2. The highest BCUT2D eigenvalue weighted by Crippen LogP contribution is 1.54. The highest BCUT2D eigenvalue weighted by molar-refractivity contribution is 5.73.